The van der Waals surface area contributed by atoms with Gasteiger partial charge in [-0.2, -0.15) is 0 Å². The number of hydrogen-bond acceptors (Lipinski definition) is 3. The minimum absolute atomic E-state index is 0.206. The molecule has 4 heteroatoms. The van der Waals surface area contributed by atoms with Gasteiger partial charge in [-0.25, -0.2) is 0 Å². The number of benzene rings is 1. The molecule has 2 aromatic heterocycles. The molecule has 0 amide bonds. The summed E-state index contributed by atoms with van der Waals surface area (Å²) in [6.07, 6.45) is 0.937. The smallest absolute Gasteiger partial charge is 0.134 e. The van der Waals surface area contributed by atoms with E-state index in [1.165, 1.54) is 4.88 Å². The lowest BCUT2D eigenvalue weighted by Crippen LogP contribution is -2.17. The van der Waals surface area contributed by atoms with Crippen LogP contribution in [0.3, 0.4) is 0 Å². The van der Waals surface area contributed by atoms with Gasteiger partial charge >= 0.3 is 0 Å². The molecule has 0 aliphatic heterocycles. The van der Waals surface area contributed by atoms with E-state index in [1.54, 1.807) is 11.3 Å². The molecule has 0 bridgehead atoms. The summed E-state index contributed by atoms with van der Waals surface area (Å²) < 4.78 is 7.08. The third-order valence-corrected chi connectivity index (χ3v) is 4.88. The van der Waals surface area contributed by atoms with Crippen molar-refractivity contribution in [1.82, 2.24) is 5.32 Å². The minimum Gasteiger partial charge on any atom is -0.459 e. The number of thiophene rings is 1. The molecule has 0 radical (unpaired) electrons. The molecule has 2 heterocycles. The standard InChI is InChI=1S/C15H14BrNOS/c1-17-13(8-12-7-11(16)9-19-12)15-6-10-4-2-3-5-14(10)18-15/h2-7,9,13,17H,8H2,1H3. The number of nitrogens with one attached hydrogen (secondary N) is 1. The first-order valence-electron chi connectivity index (χ1n) is 6.15. The van der Waals surface area contributed by atoms with Gasteiger partial charge in [0.25, 0.3) is 0 Å². The van der Waals surface area contributed by atoms with Crippen molar-refractivity contribution in [3.63, 3.8) is 0 Å². The van der Waals surface area contributed by atoms with Gasteiger partial charge in [0.2, 0.25) is 0 Å². The van der Waals surface area contributed by atoms with Crippen LogP contribution in [0.2, 0.25) is 0 Å². The summed E-state index contributed by atoms with van der Waals surface area (Å²) in [7, 11) is 1.97. The van der Waals surface area contributed by atoms with Crippen LogP contribution in [-0.4, -0.2) is 7.05 Å². The molecule has 1 atom stereocenters. The molecular weight excluding hydrogens is 322 g/mol. The van der Waals surface area contributed by atoms with E-state index >= 15 is 0 Å². The number of fused-ring (bicyclic) bond motifs is 1. The van der Waals surface area contributed by atoms with Crippen molar-refractivity contribution in [3.8, 4) is 0 Å². The summed E-state index contributed by atoms with van der Waals surface area (Å²) >= 11 is 5.26. The number of hydrogen-bond donors (Lipinski definition) is 1. The molecule has 1 unspecified atom stereocenters. The molecule has 3 aromatic rings. The van der Waals surface area contributed by atoms with Crippen molar-refractivity contribution in [3.05, 3.63) is 56.9 Å². The fourth-order valence-corrected chi connectivity index (χ4v) is 3.68. The first kappa shape index (κ1) is 12.9. The van der Waals surface area contributed by atoms with Gasteiger partial charge in [0, 0.05) is 26.5 Å². The van der Waals surface area contributed by atoms with Crippen LogP contribution in [0.15, 0.2) is 50.7 Å². The summed E-state index contributed by atoms with van der Waals surface area (Å²) in [4.78, 5) is 1.34. The molecule has 98 valence electrons. The fraction of sp³-hybridized carbons (Fsp3) is 0.200. The number of rotatable bonds is 4. The molecule has 0 saturated heterocycles. The summed E-state index contributed by atoms with van der Waals surface area (Å²) in [5.74, 6) is 0.994. The highest BCUT2D eigenvalue weighted by atomic mass is 79.9. The van der Waals surface area contributed by atoms with Gasteiger partial charge in [-0.1, -0.05) is 18.2 Å². The summed E-state index contributed by atoms with van der Waals surface area (Å²) in [5.41, 5.74) is 0.949. The number of furan rings is 1. The van der Waals surface area contributed by atoms with Crippen LogP contribution in [0.4, 0.5) is 0 Å². The highest BCUT2D eigenvalue weighted by molar-refractivity contribution is 9.10. The predicted octanol–water partition coefficient (Wildman–Crippen LogP) is 4.76. The van der Waals surface area contributed by atoms with Crippen LogP contribution >= 0.6 is 27.3 Å². The Bertz CT molecular complexity index is 655. The average Bonchev–Trinajstić information content (AvgIpc) is 3.01. The zero-order chi connectivity index (χ0) is 13.2. The van der Waals surface area contributed by atoms with Crippen molar-refractivity contribution in [2.75, 3.05) is 7.05 Å². The van der Waals surface area contributed by atoms with E-state index in [0.29, 0.717) is 0 Å². The maximum Gasteiger partial charge on any atom is 0.134 e. The van der Waals surface area contributed by atoms with Crippen molar-refractivity contribution in [1.29, 1.82) is 0 Å². The van der Waals surface area contributed by atoms with E-state index < -0.39 is 0 Å². The Morgan fingerprint density at radius 2 is 2.16 bits per heavy atom. The molecule has 3 rings (SSSR count). The Balaban J connectivity index is 1.88. The Kier molecular flexibility index (Phi) is 3.73. The predicted molar refractivity (Wildman–Crippen MR) is 83.7 cm³/mol. The Labute approximate surface area is 124 Å². The number of para-hydroxylation sites is 1. The molecule has 0 saturated carbocycles. The van der Waals surface area contributed by atoms with Crippen LogP contribution in [-0.2, 0) is 6.42 Å². The first-order chi connectivity index (χ1) is 9.26. The van der Waals surface area contributed by atoms with Gasteiger partial charge in [-0.05, 0) is 41.2 Å². The second-order valence-electron chi connectivity index (χ2n) is 4.46. The van der Waals surface area contributed by atoms with Crippen LogP contribution < -0.4 is 5.32 Å². The normalized spacial score (nSPS) is 12.9. The highest BCUT2D eigenvalue weighted by Gasteiger charge is 2.16. The van der Waals surface area contributed by atoms with E-state index in [1.807, 2.05) is 25.2 Å². The molecule has 0 aliphatic rings. The minimum atomic E-state index is 0.206. The van der Waals surface area contributed by atoms with E-state index in [0.717, 1.165) is 27.6 Å². The third kappa shape index (κ3) is 2.76. The van der Waals surface area contributed by atoms with Crippen LogP contribution in [0.1, 0.15) is 16.7 Å². The largest absolute Gasteiger partial charge is 0.459 e. The molecule has 1 aromatic carbocycles. The Hall–Kier alpha value is -1.10. The van der Waals surface area contributed by atoms with Gasteiger partial charge in [0.05, 0.1) is 6.04 Å². The van der Waals surface area contributed by atoms with Crippen molar-refractivity contribution < 1.29 is 4.42 Å². The molecule has 0 aliphatic carbocycles. The van der Waals surface area contributed by atoms with Crippen LogP contribution in [0.25, 0.3) is 11.0 Å². The molecule has 0 spiro atoms. The lowest BCUT2D eigenvalue weighted by Gasteiger charge is -2.11. The fourth-order valence-electron chi connectivity index (χ4n) is 2.18. The molecule has 19 heavy (non-hydrogen) atoms. The maximum atomic E-state index is 5.93. The van der Waals surface area contributed by atoms with Gasteiger partial charge in [0.1, 0.15) is 11.3 Å². The summed E-state index contributed by atoms with van der Waals surface area (Å²) in [6, 6.07) is 12.6. The monoisotopic (exact) mass is 335 g/mol. The van der Waals surface area contributed by atoms with Crippen molar-refractivity contribution in [2.24, 2.45) is 0 Å². The second kappa shape index (κ2) is 5.49. The Morgan fingerprint density at radius 3 is 2.84 bits per heavy atom. The zero-order valence-electron chi connectivity index (χ0n) is 10.5. The lowest BCUT2D eigenvalue weighted by molar-refractivity contribution is 0.452. The number of likely N-dealkylation sites (N-methyl/N-ethyl adjacent to an activating group) is 1. The zero-order valence-corrected chi connectivity index (χ0v) is 12.9. The highest BCUT2D eigenvalue weighted by Crippen LogP contribution is 2.28. The summed E-state index contributed by atoms with van der Waals surface area (Å²) in [5, 5.41) is 6.60. The van der Waals surface area contributed by atoms with Gasteiger partial charge in [-0.3, -0.25) is 0 Å². The molecule has 1 N–H and O–H groups in total. The van der Waals surface area contributed by atoms with Crippen LogP contribution in [0, 0.1) is 0 Å². The SMILES string of the molecule is CNC(Cc1cc(Br)cs1)c1cc2ccccc2o1. The molecule has 2 nitrogen and oxygen atoms in total. The van der Waals surface area contributed by atoms with Crippen molar-refractivity contribution in [2.45, 2.75) is 12.5 Å². The quantitative estimate of drug-likeness (QED) is 0.743. The van der Waals surface area contributed by atoms with Gasteiger partial charge in [0.15, 0.2) is 0 Å². The van der Waals surface area contributed by atoms with Gasteiger partial charge in [-0.15, -0.1) is 11.3 Å². The van der Waals surface area contributed by atoms with E-state index in [4.69, 9.17) is 4.42 Å². The van der Waals surface area contributed by atoms with E-state index in [9.17, 15) is 0 Å². The first-order valence-corrected chi connectivity index (χ1v) is 7.82. The van der Waals surface area contributed by atoms with E-state index in [2.05, 4.69) is 44.8 Å². The second-order valence-corrected chi connectivity index (χ2v) is 6.37. The van der Waals surface area contributed by atoms with E-state index in [-0.39, 0.29) is 6.04 Å². The van der Waals surface area contributed by atoms with Gasteiger partial charge < -0.3 is 9.73 Å². The Morgan fingerprint density at radius 1 is 1.32 bits per heavy atom. The topological polar surface area (TPSA) is 25.2 Å². The summed E-state index contributed by atoms with van der Waals surface area (Å²) in [6.45, 7) is 0. The molecular formula is C15H14BrNOS. The van der Waals surface area contributed by atoms with Crippen LogP contribution in [0.5, 0.6) is 0 Å². The maximum absolute atomic E-state index is 5.93. The third-order valence-electron chi connectivity index (χ3n) is 3.16. The number of halogens is 1. The van der Waals surface area contributed by atoms with Crippen molar-refractivity contribution >= 4 is 38.2 Å². The average molecular weight is 336 g/mol. The lowest BCUT2D eigenvalue weighted by atomic mass is 10.1. The molecule has 0 fully saturated rings.